The molecule has 2 rings (SSSR count). The van der Waals surface area contributed by atoms with E-state index in [4.69, 9.17) is 0 Å². The maximum atomic E-state index is 12.6. The molecular formula is C12H13BF3KN2. The summed E-state index contributed by atoms with van der Waals surface area (Å²) in [4.78, 5) is 4.33. The fourth-order valence-electron chi connectivity index (χ4n) is 1.88. The first-order chi connectivity index (χ1) is 8.43. The van der Waals surface area contributed by atoms with Gasteiger partial charge in [0.2, 0.25) is 0 Å². The second kappa shape index (κ2) is 6.58. The van der Waals surface area contributed by atoms with Crippen molar-refractivity contribution in [2.75, 3.05) is 0 Å². The standard InChI is InChI=1S/C12H13BF3N2.K/c1-3-12-17-10-6-4-5-7-11(10)18(12)8-9(2)13(14,15)16;/h4-7H,2-3,8H2,1H3;/q-1;+1. The van der Waals surface area contributed by atoms with Crippen molar-refractivity contribution in [1.29, 1.82) is 0 Å². The molecule has 0 aliphatic heterocycles. The number of allylic oxidation sites excluding steroid dienone is 1. The van der Waals surface area contributed by atoms with E-state index in [0.717, 1.165) is 11.0 Å². The smallest absolute Gasteiger partial charge is 0.445 e. The van der Waals surface area contributed by atoms with Crippen LogP contribution in [0.4, 0.5) is 12.9 Å². The summed E-state index contributed by atoms with van der Waals surface area (Å²) in [5, 5.41) is 0. The van der Waals surface area contributed by atoms with Crippen molar-refractivity contribution in [3.63, 3.8) is 0 Å². The van der Waals surface area contributed by atoms with Gasteiger partial charge in [0, 0.05) is 13.0 Å². The molecule has 0 N–H and O–H groups in total. The molecule has 0 radical (unpaired) electrons. The molecule has 0 saturated carbocycles. The van der Waals surface area contributed by atoms with E-state index in [1.165, 1.54) is 0 Å². The van der Waals surface area contributed by atoms with Gasteiger partial charge in [-0.3, -0.25) is 0 Å². The van der Waals surface area contributed by atoms with Crippen LogP contribution >= 0.6 is 0 Å². The fraction of sp³-hybridized carbons (Fsp3) is 0.250. The van der Waals surface area contributed by atoms with Crippen LogP contribution in [0.1, 0.15) is 12.7 Å². The number of fused-ring (bicyclic) bond motifs is 1. The van der Waals surface area contributed by atoms with Crippen molar-refractivity contribution in [1.82, 2.24) is 9.55 Å². The number of halogens is 3. The molecule has 96 valence electrons. The molecule has 0 saturated heterocycles. The zero-order valence-corrected chi connectivity index (χ0v) is 14.2. The number of nitrogens with zero attached hydrogens (tertiary/aromatic N) is 2. The summed E-state index contributed by atoms with van der Waals surface area (Å²) >= 11 is 0. The Balaban J connectivity index is 0.00000180. The van der Waals surface area contributed by atoms with Gasteiger partial charge in [-0.1, -0.05) is 19.1 Å². The Morgan fingerprint density at radius 1 is 1.32 bits per heavy atom. The van der Waals surface area contributed by atoms with Gasteiger partial charge in [0.1, 0.15) is 5.82 Å². The first-order valence-electron chi connectivity index (χ1n) is 5.75. The minimum Gasteiger partial charge on any atom is -0.445 e. The zero-order valence-electron chi connectivity index (χ0n) is 11.0. The first-order valence-corrected chi connectivity index (χ1v) is 5.75. The third kappa shape index (κ3) is 3.73. The number of aryl methyl sites for hydroxylation is 1. The van der Waals surface area contributed by atoms with Gasteiger partial charge in [-0.15, -0.1) is 12.1 Å². The van der Waals surface area contributed by atoms with Crippen LogP contribution in [0.25, 0.3) is 11.0 Å². The molecule has 1 aromatic carbocycles. The van der Waals surface area contributed by atoms with E-state index >= 15 is 0 Å². The van der Waals surface area contributed by atoms with Crippen molar-refractivity contribution in [2.24, 2.45) is 0 Å². The maximum absolute atomic E-state index is 12.6. The predicted molar refractivity (Wildman–Crippen MR) is 67.3 cm³/mol. The topological polar surface area (TPSA) is 17.8 Å². The number of hydrogen-bond acceptors (Lipinski definition) is 1. The zero-order chi connectivity index (χ0) is 13.3. The van der Waals surface area contributed by atoms with Crippen LogP contribution in [0.3, 0.4) is 0 Å². The Morgan fingerprint density at radius 2 is 1.95 bits per heavy atom. The third-order valence-corrected chi connectivity index (χ3v) is 2.87. The number of aromatic nitrogens is 2. The maximum Gasteiger partial charge on any atom is 1.00 e. The van der Waals surface area contributed by atoms with E-state index in [0.29, 0.717) is 12.2 Å². The molecule has 0 aliphatic rings. The molecule has 0 unspecified atom stereocenters. The number of imidazole rings is 1. The number of para-hydroxylation sites is 2. The summed E-state index contributed by atoms with van der Waals surface area (Å²) in [6, 6.07) is 7.19. The molecule has 1 aromatic heterocycles. The van der Waals surface area contributed by atoms with Crippen molar-refractivity contribution in [2.45, 2.75) is 19.9 Å². The molecule has 1 heterocycles. The Bertz CT molecular complexity index is 592. The molecule has 0 aliphatic carbocycles. The molecule has 0 amide bonds. The summed E-state index contributed by atoms with van der Waals surface area (Å²) < 4.78 is 39.4. The van der Waals surface area contributed by atoms with Crippen LogP contribution in [0.15, 0.2) is 36.3 Å². The van der Waals surface area contributed by atoms with E-state index in [1.807, 2.05) is 13.0 Å². The van der Waals surface area contributed by atoms with Gasteiger partial charge in [0.25, 0.3) is 0 Å². The van der Waals surface area contributed by atoms with E-state index < -0.39 is 12.4 Å². The van der Waals surface area contributed by atoms with Crippen LogP contribution < -0.4 is 51.4 Å². The van der Waals surface area contributed by atoms with Gasteiger partial charge in [0.05, 0.1) is 11.0 Å². The van der Waals surface area contributed by atoms with Gasteiger partial charge in [-0.2, -0.15) is 0 Å². The summed E-state index contributed by atoms with van der Waals surface area (Å²) in [6.07, 6.45) is 0.590. The van der Waals surface area contributed by atoms with Gasteiger partial charge >= 0.3 is 58.4 Å². The van der Waals surface area contributed by atoms with Gasteiger partial charge in [-0.25, -0.2) is 4.98 Å². The van der Waals surface area contributed by atoms with E-state index in [9.17, 15) is 12.9 Å². The molecule has 2 aromatic rings. The van der Waals surface area contributed by atoms with Crippen molar-refractivity contribution in [3.05, 3.63) is 42.1 Å². The Kier molecular flexibility index (Phi) is 5.88. The number of hydrogen-bond donors (Lipinski definition) is 0. The summed E-state index contributed by atoms with van der Waals surface area (Å²) in [5.74, 6) is 0.650. The second-order valence-corrected chi connectivity index (χ2v) is 4.19. The van der Waals surface area contributed by atoms with Gasteiger partial charge < -0.3 is 17.5 Å². The quantitative estimate of drug-likeness (QED) is 0.752. The monoisotopic (exact) mass is 292 g/mol. The number of rotatable bonds is 4. The van der Waals surface area contributed by atoms with Crippen molar-refractivity contribution < 1.29 is 64.3 Å². The summed E-state index contributed by atoms with van der Waals surface area (Å²) in [7, 11) is 0. The summed E-state index contributed by atoms with van der Waals surface area (Å²) in [6.45, 7) is -0.234. The van der Waals surface area contributed by atoms with E-state index in [2.05, 4.69) is 11.6 Å². The molecule has 2 nitrogen and oxygen atoms in total. The molecular weight excluding hydrogens is 279 g/mol. The minimum absolute atomic E-state index is 0. The molecule has 0 bridgehead atoms. The van der Waals surface area contributed by atoms with E-state index in [1.54, 1.807) is 22.8 Å². The molecule has 19 heavy (non-hydrogen) atoms. The Morgan fingerprint density at radius 3 is 2.53 bits per heavy atom. The van der Waals surface area contributed by atoms with Crippen LogP contribution in [0.2, 0.25) is 0 Å². The van der Waals surface area contributed by atoms with Gasteiger partial charge in [0.15, 0.2) is 0 Å². The minimum atomic E-state index is -5.00. The van der Waals surface area contributed by atoms with Crippen LogP contribution in [-0.4, -0.2) is 16.5 Å². The van der Waals surface area contributed by atoms with Crippen LogP contribution in [0.5, 0.6) is 0 Å². The molecule has 0 atom stereocenters. The van der Waals surface area contributed by atoms with Gasteiger partial charge in [-0.05, 0) is 12.1 Å². The normalized spacial score (nSPS) is 11.4. The number of benzene rings is 1. The van der Waals surface area contributed by atoms with Crippen LogP contribution in [-0.2, 0) is 13.0 Å². The first kappa shape index (κ1) is 17.0. The van der Waals surface area contributed by atoms with Crippen LogP contribution in [0, 0.1) is 0 Å². The SMILES string of the molecule is C=C(Cn1c(CC)nc2ccccc21)[B-](F)(F)F.[K+]. The molecule has 0 fully saturated rings. The summed E-state index contributed by atoms with van der Waals surface area (Å²) in [5.41, 5.74) is 0.736. The Labute approximate surface area is 152 Å². The largest absolute Gasteiger partial charge is 1.00 e. The third-order valence-electron chi connectivity index (χ3n) is 2.87. The predicted octanol–water partition coefficient (Wildman–Crippen LogP) is 0.545. The fourth-order valence-corrected chi connectivity index (χ4v) is 1.88. The van der Waals surface area contributed by atoms with E-state index in [-0.39, 0.29) is 57.9 Å². The average Bonchev–Trinajstić information content (AvgIpc) is 2.66. The average molecular weight is 292 g/mol. The van der Waals surface area contributed by atoms with Crippen molar-refractivity contribution >= 4 is 18.0 Å². The molecule has 0 spiro atoms. The second-order valence-electron chi connectivity index (χ2n) is 4.19. The van der Waals surface area contributed by atoms with Crippen molar-refractivity contribution in [3.8, 4) is 0 Å². The molecule has 7 heteroatoms. The Hall–Kier alpha value is -0.0787.